The lowest BCUT2D eigenvalue weighted by Crippen LogP contribution is -2.13. The van der Waals surface area contributed by atoms with E-state index in [1.807, 2.05) is 6.92 Å². The normalized spacial score (nSPS) is 14.2. The van der Waals surface area contributed by atoms with Crippen molar-refractivity contribution in [3.63, 3.8) is 0 Å². The summed E-state index contributed by atoms with van der Waals surface area (Å²) in [6, 6.07) is 0. The Morgan fingerprint density at radius 2 is 2.24 bits per heavy atom. The minimum atomic E-state index is -0.469. The molecule has 1 aliphatic heterocycles. The molecule has 0 amide bonds. The maximum atomic E-state index is 11.3. The summed E-state index contributed by atoms with van der Waals surface area (Å²) in [7, 11) is 1.63. The van der Waals surface area contributed by atoms with Crippen molar-refractivity contribution in [1.29, 1.82) is 0 Å². The van der Waals surface area contributed by atoms with E-state index in [0.717, 1.165) is 31.0 Å². The molecule has 0 bridgehead atoms. The van der Waals surface area contributed by atoms with E-state index in [0.29, 0.717) is 11.6 Å². The molecule has 0 atom stereocenters. The highest BCUT2D eigenvalue weighted by Crippen LogP contribution is 2.23. The van der Waals surface area contributed by atoms with E-state index >= 15 is 0 Å². The monoisotopic (exact) mass is 235 g/mol. The molecule has 3 rings (SSSR count). The molecule has 0 aliphatic carbocycles. The van der Waals surface area contributed by atoms with Crippen LogP contribution in [-0.4, -0.2) is 19.3 Å². The van der Waals surface area contributed by atoms with Crippen molar-refractivity contribution in [2.24, 2.45) is 7.05 Å². The topological polar surface area (TPSA) is 77.9 Å². The van der Waals surface area contributed by atoms with Crippen LogP contribution in [0.2, 0.25) is 0 Å². The largest absolute Gasteiger partial charge is 0.441 e. The minimum absolute atomic E-state index is 0.469. The van der Waals surface area contributed by atoms with Crippen LogP contribution in [0.4, 0.5) is 0 Å². The third-order valence-corrected chi connectivity index (χ3v) is 3.06. The van der Waals surface area contributed by atoms with Crippen molar-refractivity contribution >= 4 is 0 Å². The number of aromatic nitrogens is 4. The molecule has 0 fully saturated rings. The summed E-state index contributed by atoms with van der Waals surface area (Å²) in [5.74, 6) is 0.711. The lowest BCUT2D eigenvalue weighted by molar-refractivity contribution is 0.380. The first-order valence-corrected chi connectivity index (χ1v) is 5.54. The maximum Gasteiger partial charge on any atom is 0.441 e. The Kier molecular flexibility index (Phi) is 2.15. The number of imidazole rings is 1. The highest BCUT2D eigenvalue weighted by Gasteiger charge is 2.24. The summed E-state index contributed by atoms with van der Waals surface area (Å²) in [6.45, 7) is 4.41. The van der Waals surface area contributed by atoms with Gasteiger partial charge in [-0.05, 0) is 6.92 Å². The highest BCUT2D eigenvalue weighted by molar-refractivity contribution is 5.47. The Labute approximate surface area is 97.1 Å². The van der Waals surface area contributed by atoms with Crippen LogP contribution in [-0.2, 0) is 26.7 Å². The third-order valence-electron chi connectivity index (χ3n) is 3.06. The van der Waals surface area contributed by atoms with Gasteiger partial charge in [-0.1, -0.05) is 5.16 Å². The predicted octanol–water partition coefficient (Wildman–Crippen LogP) is -0.140. The van der Waals surface area contributed by atoms with Crippen molar-refractivity contribution in [2.45, 2.75) is 26.6 Å². The molecule has 0 radical (unpaired) electrons. The summed E-state index contributed by atoms with van der Waals surface area (Å²) < 4.78 is 8.07. The van der Waals surface area contributed by atoms with E-state index in [4.69, 9.17) is 0 Å². The van der Waals surface area contributed by atoms with Gasteiger partial charge in [-0.2, -0.15) is 0 Å². The first-order chi connectivity index (χ1) is 8.22. The Balaban J connectivity index is 2.22. The molecule has 3 heterocycles. The van der Waals surface area contributed by atoms with E-state index in [2.05, 4.69) is 24.5 Å². The molecule has 0 unspecified atom stereocenters. The van der Waals surface area contributed by atoms with E-state index in [1.165, 1.54) is 4.57 Å². The molecule has 7 nitrogen and oxygen atoms in total. The minimum Gasteiger partial charge on any atom is -0.324 e. The Morgan fingerprint density at radius 1 is 1.41 bits per heavy atom. The SMILES string of the molecule is CCn1c(-c2noc(=O)n2C)nc2c1CNC2. The molecular formula is C10H13N5O2. The van der Waals surface area contributed by atoms with Crippen molar-refractivity contribution in [3.8, 4) is 11.6 Å². The second-order valence-electron chi connectivity index (χ2n) is 4.01. The fourth-order valence-corrected chi connectivity index (χ4v) is 2.17. The molecule has 2 aromatic rings. The summed E-state index contributed by atoms with van der Waals surface area (Å²) >= 11 is 0. The van der Waals surface area contributed by atoms with E-state index < -0.39 is 5.76 Å². The zero-order chi connectivity index (χ0) is 12.0. The zero-order valence-corrected chi connectivity index (χ0v) is 9.73. The van der Waals surface area contributed by atoms with Gasteiger partial charge >= 0.3 is 5.76 Å². The Hall–Kier alpha value is -1.89. The van der Waals surface area contributed by atoms with Gasteiger partial charge in [0.1, 0.15) is 0 Å². The lowest BCUT2D eigenvalue weighted by atomic mass is 10.4. The number of fused-ring (bicyclic) bond motifs is 1. The fourth-order valence-electron chi connectivity index (χ4n) is 2.17. The van der Waals surface area contributed by atoms with Gasteiger partial charge in [0.25, 0.3) is 0 Å². The van der Waals surface area contributed by atoms with Crippen LogP contribution >= 0.6 is 0 Å². The molecule has 90 valence electrons. The van der Waals surface area contributed by atoms with Crippen LogP contribution in [0.3, 0.4) is 0 Å². The van der Waals surface area contributed by atoms with Gasteiger partial charge in [0.15, 0.2) is 5.82 Å². The summed E-state index contributed by atoms with van der Waals surface area (Å²) in [4.78, 5) is 15.8. The smallest absolute Gasteiger partial charge is 0.324 e. The molecule has 0 saturated carbocycles. The van der Waals surface area contributed by atoms with Gasteiger partial charge in [-0.3, -0.25) is 9.09 Å². The molecule has 1 aliphatic rings. The Morgan fingerprint density at radius 3 is 2.88 bits per heavy atom. The molecule has 7 heteroatoms. The Bertz CT molecular complexity index is 621. The van der Waals surface area contributed by atoms with E-state index in [-0.39, 0.29) is 0 Å². The molecule has 0 aromatic carbocycles. The van der Waals surface area contributed by atoms with Crippen LogP contribution in [0, 0.1) is 0 Å². The summed E-state index contributed by atoms with van der Waals surface area (Å²) in [5.41, 5.74) is 2.19. The van der Waals surface area contributed by atoms with Crippen LogP contribution in [0.25, 0.3) is 11.6 Å². The van der Waals surface area contributed by atoms with Crippen molar-refractivity contribution in [2.75, 3.05) is 0 Å². The number of nitrogens with zero attached hydrogens (tertiary/aromatic N) is 4. The highest BCUT2D eigenvalue weighted by atomic mass is 16.5. The van der Waals surface area contributed by atoms with Crippen LogP contribution < -0.4 is 11.1 Å². The summed E-state index contributed by atoms with van der Waals surface area (Å²) in [6.07, 6.45) is 0. The second kappa shape index (κ2) is 3.56. The van der Waals surface area contributed by atoms with Crippen molar-refractivity contribution in [3.05, 3.63) is 21.9 Å². The van der Waals surface area contributed by atoms with Gasteiger partial charge in [-0.15, -0.1) is 0 Å². The van der Waals surface area contributed by atoms with Gasteiger partial charge in [-0.25, -0.2) is 9.78 Å². The lowest BCUT2D eigenvalue weighted by Gasteiger charge is -2.06. The fraction of sp³-hybridized carbons (Fsp3) is 0.500. The molecule has 2 aromatic heterocycles. The molecule has 17 heavy (non-hydrogen) atoms. The molecule has 0 spiro atoms. The first kappa shape index (κ1) is 10.3. The zero-order valence-electron chi connectivity index (χ0n) is 9.73. The number of hydrogen-bond acceptors (Lipinski definition) is 5. The van der Waals surface area contributed by atoms with E-state index in [9.17, 15) is 4.79 Å². The number of rotatable bonds is 2. The standard InChI is InChI=1S/C10H13N5O2/c1-3-15-7-5-11-4-6(7)12-8(15)9-13-17-10(16)14(9)2/h11H,3-5H2,1-2H3. The second-order valence-corrected chi connectivity index (χ2v) is 4.01. The molecule has 1 N–H and O–H groups in total. The quantitative estimate of drug-likeness (QED) is 0.783. The average molecular weight is 235 g/mol. The first-order valence-electron chi connectivity index (χ1n) is 5.54. The summed E-state index contributed by atoms with van der Waals surface area (Å²) in [5, 5.41) is 7.02. The van der Waals surface area contributed by atoms with E-state index in [1.54, 1.807) is 7.05 Å². The predicted molar refractivity (Wildman–Crippen MR) is 59.2 cm³/mol. The van der Waals surface area contributed by atoms with Gasteiger partial charge < -0.3 is 9.88 Å². The van der Waals surface area contributed by atoms with Gasteiger partial charge in [0.05, 0.1) is 11.4 Å². The number of hydrogen-bond donors (Lipinski definition) is 1. The van der Waals surface area contributed by atoms with Crippen molar-refractivity contribution < 1.29 is 4.52 Å². The molecule has 0 saturated heterocycles. The van der Waals surface area contributed by atoms with Gasteiger partial charge in [0.2, 0.25) is 5.82 Å². The molecular weight excluding hydrogens is 222 g/mol. The van der Waals surface area contributed by atoms with Crippen LogP contribution in [0.15, 0.2) is 9.32 Å². The van der Waals surface area contributed by atoms with Crippen LogP contribution in [0.5, 0.6) is 0 Å². The van der Waals surface area contributed by atoms with Crippen molar-refractivity contribution in [1.82, 2.24) is 24.6 Å². The van der Waals surface area contributed by atoms with Crippen LogP contribution in [0.1, 0.15) is 18.3 Å². The number of nitrogens with one attached hydrogen (secondary N) is 1. The maximum absolute atomic E-state index is 11.3. The average Bonchev–Trinajstić information content (AvgIpc) is 2.95. The van der Waals surface area contributed by atoms with Gasteiger partial charge in [0, 0.05) is 26.7 Å². The third kappa shape index (κ3) is 1.35.